The Bertz CT molecular complexity index is 3600. The molecule has 0 aliphatic heterocycles. The van der Waals surface area contributed by atoms with Crippen LogP contribution >= 0.6 is 0 Å². The summed E-state index contributed by atoms with van der Waals surface area (Å²) in [6.45, 7) is 2.37. The van der Waals surface area contributed by atoms with Crippen molar-refractivity contribution in [1.82, 2.24) is 4.57 Å². The number of allylic oxidation sites excluding steroid dienone is 4. The van der Waals surface area contributed by atoms with Crippen molar-refractivity contribution in [2.75, 3.05) is 4.90 Å². The number of hydrogen-bond donors (Lipinski definition) is 0. The topological polar surface area (TPSA) is 8.17 Å². The summed E-state index contributed by atoms with van der Waals surface area (Å²) < 4.78 is 2.44. The molecule has 0 amide bonds. The maximum absolute atomic E-state index is 2.46. The van der Waals surface area contributed by atoms with Crippen molar-refractivity contribution in [2.24, 2.45) is 0 Å². The van der Waals surface area contributed by atoms with Crippen molar-refractivity contribution in [2.45, 2.75) is 31.6 Å². The van der Waals surface area contributed by atoms with Crippen molar-refractivity contribution >= 4 is 78.3 Å². The first-order valence-electron chi connectivity index (χ1n) is 22.3. The van der Waals surface area contributed by atoms with E-state index in [1.807, 2.05) is 0 Å². The van der Waals surface area contributed by atoms with Gasteiger partial charge in [0, 0.05) is 38.9 Å². The minimum Gasteiger partial charge on any atom is -0.310 e. The van der Waals surface area contributed by atoms with Crippen LogP contribution in [0.4, 0.5) is 17.1 Å². The predicted octanol–water partition coefficient (Wildman–Crippen LogP) is 15.0. The van der Waals surface area contributed by atoms with Crippen LogP contribution in [0.2, 0.25) is 0 Å². The van der Waals surface area contributed by atoms with Gasteiger partial charge in [-0.25, -0.2) is 0 Å². The highest BCUT2D eigenvalue weighted by Gasteiger charge is 2.26. The highest BCUT2D eigenvalue weighted by molar-refractivity contribution is 6.17. The number of hydrogen-bond acceptors (Lipinski definition) is 1. The van der Waals surface area contributed by atoms with Gasteiger partial charge in [0.05, 0.1) is 11.0 Å². The van der Waals surface area contributed by atoms with Crippen LogP contribution in [0.25, 0.3) is 83.5 Å². The van der Waals surface area contributed by atoms with Crippen molar-refractivity contribution in [3.05, 3.63) is 228 Å². The van der Waals surface area contributed by atoms with Crippen LogP contribution in [-0.4, -0.2) is 4.57 Å². The molecule has 1 atom stereocenters. The van der Waals surface area contributed by atoms with Crippen LogP contribution in [0.5, 0.6) is 0 Å². The molecule has 12 rings (SSSR count). The number of fused-ring (bicyclic) bond motifs is 7. The molecular weight excluding hydrogens is 761 g/mol. The zero-order chi connectivity index (χ0) is 41.9. The molecule has 2 aliphatic carbocycles. The summed E-state index contributed by atoms with van der Waals surface area (Å²) in [5, 5.41) is 10.3. The van der Waals surface area contributed by atoms with Gasteiger partial charge in [-0.15, -0.1) is 0 Å². The molecule has 63 heavy (non-hydrogen) atoms. The van der Waals surface area contributed by atoms with Gasteiger partial charge in [0.1, 0.15) is 0 Å². The van der Waals surface area contributed by atoms with Crippen molar-refractivity contribution in [3.63, 3.8) is 0 Å². The number of aromatic nitrogens is 1. The highest BCUT2D eigenvalue weighted by Crippen LogP contribution is 2.43. The Morgan fingerprint density at radius 2 is 1.14 bits per heavy atom. The monoisotopic (exact) mass is 806 g/mol. The summed E-state index contributed by atoms with van der Waals surface area (Å²) in [7, 11) is 0. The van der Waals surface area contributed by atoms with Crippen LogP contribution in [-0.2, 0) is 5.41 Å². The lowest BCUT2D eigenvalue weighted by molar-refractivity contribution is 0.653. The van der Waals surface area contributed by atoms with Gasteiger partial charge >= 0.3 is 0 Å². The Morgan fingerprint density at radius 1 is 0.476 bits per heavy atom. The molecule has 9 aromatic carbocycles. The number of anilines is 3. The Kier molecular flexibility index (Phi) is 8.86. The van der Waals surface area contributed by atoms with E-state index < -0.39 is 0 Å². The molecule has 300 valence electrons. The quantitative estimate of drug-likeness (QED) is 0.146. The average Bonchev–Trinajstić information content (AvgIpc) is 3.69. The van der Waals surface area contributed by atoms with E-state index in [9.17, 15) is 0 Å². The van der Waals surface area contributed by atoms with E-state index >= 15 is 0 Å². The van der Waals surface area contributed by atoms with Crippen LogP contribution in [0.15, 0.2) is 212 Å². The van der Waals surface area contributed by atoms with Gasteiger partial charge in [0.25, 0.3) is 0 Å². The molecule has 0 spiro atoms. The summed E-state index contributed by atoms with van der Waals surface area (Å²) in [4.78, 5) is 2.42. The zero-order valence-electron chi connectivity index (χ0n) is 35.4. The van der Waals surface area contributed by atoms with Gasteiger partial charge in [-0.05, 0) is 134 Å². The predicted molar refractivity (Wildman–Crippen MR) is 269 cm³/mol. The van der Waals surface area contributed by atoms with Crippen molar-refractivity contribution in [1.29, 1.82) is 0 Å². The zero-order valence-corrected chi connectivity index (χ0v) is 35.4. The molecule has 2 heteroatoms. The van der Waals surface area contributed by atoms with E-state index in [0.29, 0.717) is 0 Å². The third-order valence-corrected chi connectivity index (χ3v) is 13.6. The first kappa shape index (κ1) is 37.1. The number of rotatable bonds is 7. The fourth-order valence-corrected chi connectivity index (χ4v) is 10.4. The molecule has 10 aromatic rings. The van der Waals surface area contributed by atoms with Gasteiger partial charge in [0.2, 0.25) is 0 Å². The van der Waals surface area contributed by atoms with Crippen LogP contribution in [0.3, 0.4) is 0 Å². The molecular formula is C61H46N2. The maximum atomic E-state index is 2.46. The van der Waals surface area contributed by atoms with E-state index in [2.05, 4.69) is 241 Å². The van der Waals surface area contributed by atoms with Gasteiger partial charge < -0.3 is 9.47 Å². The SMILES string of the molecule is CC1(c2cccc(N(c3ccc(-c4cccc5c4ccc4ccccc45)cc3)c3ccc(-c4cccc5c4c4ccccc4n5C4=CCCC=C4)cc3)c2)C=c2ccccc2=CC1. The number of nitrogens with zero attached hydrogens (tertiary/aromatic N) is 2. The number of para-hydroxylation sites is 1. The van der Waals surface area contributed by atoms with E-state index in [4.69, 9.17) is 0 Å². The normalized spacial score (nSPS) is 15.9. The van der Waals surface area contributed by atoms with E-state index in [1.54, 1.807) is 0 Å². The van der Waals surface area contributed by atoms with E-state index in [0.717, 1.165) is 36.3 Å². The lowest BCUT2D eigenvalue weighted by Gasteiger charge is -2.31. The first-order valence-corrected chi connectivity index (χ1v) is 22.3. The van der Waals surface area contributed by atoms with Crippen LogP contribution in [0.1, 0.15) is 31.7 Å². The molecule has 0 bridgehead atoms. The van der Waals surface area contributed by atoms with Crippen molar-refractivity contribution in [3.8, 4) is 22.3 Å². The molecule has 0 N–H and O–H groups in total. The molecule has 1 heterocycles. The Labute approximate surface area is 368 Å². The van der Waals surface area contributed by atoms with Crippen molar-refractivity contribution < 1.29 is 0 Å². The fraction of sp³-hybridized carbons (Fsp3) is 0.0820. The first-order chi connectivity index (χ1) is 31.1. The van der Waals surface area contributed by atoms with E-state index in [-0.39, 0.29) is 5.41 Å². The molecule has 1 unspecified atom stereocenters. The molecule has 0 saturated heterocycles. The molecule has 1 aromatic heterocycles. The standard InChI is InChI=1S/C61H46N2/c1-61(39-38-42-14-5-6-16-46(42)41-61)47-17-11-20-51(40-47)62(49-33-28-44(29-34-49)53-23-12-25-55-52-21-8-7-15-43(52)32-37-56(53)55)50-35-30-45(31-36-50)54-24-13-27-59-60(54)57-22-9-10-26-58(57)63(59)48-18-3-2-4-19-48/h3,5-38,40-41H,2,4,39H2,1H3. The lowest BCUT2D eigenvalue weighted by atomic mass is 9.76. The molecule has 0 fully saturated rings. The van der Waals surface area contributed by atoms with Gasteiger partial charge in [-0.3, -0.25) is 0 Å². The maximum Gasteiger partial charge on any atom is 0.0547 e. The van der Waals surface area contributed by atoms with Gasteiger partial charge in [-0.2, -0.15) is 0 Å². The summed E-state index contributed by atoms with van der Waals surface area (Å²) in [6, 6.07) is 71.8. The third-order valence-electron chi connectivity index (χ3n) is 13.6. The van der Waals surface area contributed by atoms with Crippen LogP contribution in [0, 0.1) is 0 Å². The minimum absolute atomic E-state index is 0.135. The van der Waals surface area contributed by atoms with Gasteiger partial charge in [-0.1, -0.05) is 177 Å². The molecule has 0 radical (unpaired) electrons. The Hall–Kier alpha value is -7.68. The fourth-order valence-electron chi connectivity index (χ4n) is 10.4. The molecule has 2 aliphatic rings. The second-order valence-electron chi connectivity index (χ2n) is 17.4. The Balaban J connectivity index is 0.977. The summed E-state index contributed by atoms with van der Waals surface area (Å²) in [5.41, 5.74) is 13.1. The smallest absolute Gasteiger partial charge is 0.0547 e. The minimum atomic E-state index is -0.135. The second-order valence-corrected chi connectivity index (χ2v) is 17.4. The summed E-state index contributed by atoms with van der Waals surface area (Å²) >= 11 is 0. The van der Waals surface area contributed by atoms with E-state index in [1.165, 1.54) is 87.3 Å². The summed E-state index contributed by atoms with van der Waals surface area (Å²) in [5.74, 6) is 0. The molecule has 0 saturated carbocycles. The molecule has 2 nitrogen and oxygen atoms in total. The largest absolute Gasteiger partial charge is 0.310 e. The van der Waals surface area contributed by atoms with Gasteiger partial charge in [0.15, 0.2) is 0 Å². The number of benzene rings is 9. The summed E-state index contributed by atoms with van der Waals surface area (Å²) in [6.07, 6.45) is 14.9. The van der Waals surface area contributed by atoms with Crippen LogP contribution < -0.4 is 15.3 Å². The lowest BCUT2D eigenvalue weighted by Crippen LogP contribution is -2.34. The second kappa shape index (κ2) is 15.0. The highest BCUT2D eigenvalue weighted by atomic mass is 15.1. The third kappa shape index (κ3) is 6.33. The Morgan fingerprint density at radius 3 is 1.95 bits per heavy atom. The average molecular weight is 807 g/mol.